The zero-order valence-corrected chi connectivity index (χ0v) is 12.4. The van der Waals surface area contributed by atoms with Crippen LogP contribution in [0.2, 0.25) is 0 Å². The smallest absolute Gasteiger partial charge is 0.372 e. The van der Waals surface area contributed by atoms with Crippen molar-refractivity contribution < 1.29 is 13.2 Å². The van der Waals surface area contributed by atoms with Crippen molar-refractivity contribution in [3.63, 3.8) is 0 Å². The minimum atomic E-state index is -4.30. The minimum Gasteiger partial charge on any atom is -0.372 e. The highest BCUT2D eigenvalue weighted by atomic mass is 79.9. The van der Waals surface area contributed by atoms with Gasteiger partial charge in [0.15, 0.2) is 0 Å². The normalized spacial score (nSPS) is 16.9. The molecule has 1 fully saturated rings. The molecule has 0 aliphatic heterocycles. The van der Waals surface area contributed by atoms with Gasteiger partial charge in [-0.3, -0.25) is 0 Å². The Bertz CT molecular complexity index is 439. The van der Waals surface area contributed by atoms with Crippen molar-refractivity contribution in [3.05, 3.63) is 29.3 Å². The molecule has 1 aliphatic rings. The lowest BCUT2D eigenvalue weighted by atomic mass is 10.1. The van der Waals surface area contributed by atoms with Crippen LogP contribution in [0.3, 0.4) is 0 Å². The molecular weight excluding hydrogens is 319 g/mol. The molecule has 1 nitrogen and oxygen atoms in total. The summed E-state index contributed by atoms with van der Waals surface area (Å²) in [6.07, 6.45) is 0.174. The lowest BCUT2D eigenvalue weighted by Gasteiger charge is -2.27. The van der Waals surface area contributed by atoms with E-state index in [-0.39, 0.29) is 10.9 Å². The van der Waals surface area contributed by atoms with Crippen LogP contribution in [0.4, 0.5) is 18.9 Å². The maximum absolute atomic E-state index is 13.0. The second-order valence-electron chi connectivity index (χ2n) is 5.02. The van der Waals surface area contributed by atoms with E-state index in [2.05, 4.69) is 15.9 Å². The van der Waals surface area contributed by atoms with Gasteiger partial charge >= 0.3 is 6.18 Å². The van der Waals surface area contributed by atoms with E-state index < -0.39 is 11.7 Å². The third-order valence-electron chi connectivity index (χ3n) is 3.82. The van der Waals surface area contributed by atoms with Crippen LogP contribution in [0.15, 0.2) is 18.2 Å². The van der Waals surface area contributed by atoms with Gasteiger partial charge in [0.05, 0.1) is 5.56 Å². The van der Waals surface area contributed by atoms with Gasteiger partial charge in [0.1, 0.15) is 0 Å². The number of nitrogens with zero attached hydrogens (tertiary/aromatic N) is 1. The van der Waals surface area contributed by atoms with Gasteiger partial charge in [-0.25, -0.2) is 0 Å². The summed E-state index contributed by atoms with van der Waals surface area (Å²) in [5, 5.41) is 0.218. The second-order valence-corrected chi connectivity index (χ2v) is 5.58. The van der Waals surface area contributed by atoms with Crippen molar-refractivity contribution in [1.82, 2.24) is 0 Å². The largest absolute Gasteiger partial charge is 0.416 e. The Labute approximate surface area is 119 Å². The van der Waals surface area contributed by atoms with E-state index in [4.69, 9.17) is 0 Å². The van der Waals surface area contributed by atoms with Crippen LogP contribution in [0.25, 0.3) is 0 Å². The Kier molecular flexibility index (Phi) is 4.43. The van der Waals surface area contributed by atoms with Gasteiger partial charge in [-0.05, 0) is 30.5 Å². The standard InChI is InChI=1S/C14H17BrF3N/c1-19(11-4-2-3-5-11)12-7-6-10(9-15)13(8-12)14(16,17)18/h6-8,11H,2-5,9H2,1H3. The molecule has 106 valence electrons. The number of halogens is 4. The van der Waals surface area contributed by atoms with Crippen molar-refractivity contribution in [2.75, 3.05) is 11.9 Å². The Morgan fingerprint density at radius 2 is 1.89 bits per heavy atom. The molecule has 0 bridgehead atoms. The van der Waals surface area contributed by atoms with Gasteiger partial charge in [0.25, 0.3) is 0 Å². The van der Waals surface area contributed by atoms with Gasteiger partial charge < -0.3 is 4.90 Å². The van der Waals surface area contributed by atoms with Crippen LogP contribution in [-0.2, 0) is 11.5 Å². The summed E-state index contributed by atoms with van der Waals surface area (Å²) >= 11 is 3.12. The maximum Gasteiger partial charge on any atom is 0.416 e. The van der Waals surface area contributed by atoms with E-state index in [1.165, 1.54) is 18.9 Å². The summed E-state index contributed by atoms with van der Waals surface area (Å²) in [6.45, 7) is 0. The number of benzene rings is 1. The molecule has 0 radical (unpaired) electrons. The monoisotopic (exact) mass is 335 g/mol. The van der Waals surface area contributed by atoms with Crippen LogP contribution < -0.4 is 4.90 Å². The highest BCUT2D eigenvalue weighted by Gasteiger charge is 2.34. The Morgan fingerprint density at radius 1 is 1.26 bits per heavy atom. The third kappa shape index (κ3) is 3.25. The zero-order chi connectivity index (χ0) is 14.0. The topological polar surface area (TPSA) is 3.24 Å². The van der Waals surface area contributed by atoms with Gasteiger partial charge in [-0.2, -0.15) is 13.2 Å². The Balaban J connectivity index is 2.31. The van der Waals surface area contributed by atoms with Crippen molar-refractivity contribution in [2.45, 2.75) is 43.2 Å². The summed E-state index contributed by atoms with van der Waals surface area (Å²) in [4.78, 5) is 1.99. The molecule has 2 rings (SSSR count). The number of rotatable bonds is 3. The van der Waals surface area contributed by atoms with E-state index in [1.54, 1.807) is 12.1 Å². The molecular formula is C14H17BrF3N. The SMILES string of the molecule is CN(c1ccc(CBr)c(C(F)(F)F)c1)C1CCCC1. The average molecular weight is 336 g/mol. The van der Waals surface area contributed by atoms with E-state index in [0.717, 1.165) is 12.8 Å². The predicted octanol–water partition coefficient (Wildman–Crippen LogP) is 4.98. The maximum atomic E-state index is 13.0. The van der Waals surface area contributed by atoms with E-state index in [9.17, 15) is 13.2 Å². The van der Waals surface area contributed by atoms with E-state index in [1.807, 2.05) is 11.9 Å². The Morgan fingerprint density at radius 3 is 2.42 bits per heavy atom. The fourth-order valence-corrected chi connectivity index (χ4v) is 3.16. The van der Waals surface area contributed by atoms with Crippen molar-refractivity contribution in [3.8, 4) is 0 Å². The lowest BCUT2D eigenvalue weighted by Crippen LogP contribution is -2.29. The first-order chi connectivity index (χ1) is 8.93. The highest BCUT2D eigenvalue weighted by Crippen LogP contribution is 2.36. The van der Waals surface area contributed by atoms with Gasteiger partial charge in [0, 0.05) is 24.1 Å². The fourth-order valence-electron chi connectivity index (χ4n) is 2.67. The number of hydrogen-bond donors (Lipinski definition) is 0. The van der Waals surface area contributed by atoms with Crippen LogP contribution in [0, 0.1) is 0 Å². The molecule has 0 N–H and O–H groups in total. The first-order valence-electron chi connectivity index (χ1n) is 6.42. The molecule has 1 aliphatic carbocycles. The first-order valence-corrected chi connectivity index (χ1v) is 7.54. The number of alkyl halides is 4. The number of hydrogen-bond acceptors (Lipinski definition) is 1. The van der Waals surface area contributed by atoms with Crippen molar-refractivity contribution in [1.29, 1.82) is 0 Å². The third-order valence-corrected chi connectivity index (χ3v) is 4.43. The number of anilines is 1. The quantitative estimate of drug-likeness (QED) is 0.704. The van der Waals surface area contributed by atoms with E-state index in [0.29, 0.717) is 11.7 Å². The van der Waals surface area contributed by atoms with Crippen LogP contribution in [0.1, 0.15) is 36.8 Å². The fraction of sp³-hybridized carbons (Fsp3) is 0.571. The predicted molar refractivity (Wildman–Crippen MR) is 74.7 cm³/mol. The van der Waals surface area contributed by atoms with Gasteiger partial charge in [-0.15, -0.1) is 0 Å². The minimum absolute atomic E-state index is 0.218. The van der Waals surface area contributed by atoms with Crippen molar-refractivity contribution in [2.24, 2.45) is 0 Å². The summed E-state index contributed by atoms with van der Waals surface area (Å²) in [7, 11) is 1.89. The molecule has 1 aromatic carbocycles. The van der Waals surface area contributed by atoms with Crippen LogP contribution >= 0.6 is 15.9 Å². The summed E-state index contributed by atoms with van der Waals surface area (Å²) in [5.41, 5.74) is 0.409. The molecule has 19 heavy (non-hydrogen) atoms. The summed E-state index contributed by atoms with van der Waals surface area (Å²) < 4.78 is 39.0. The molecule has 1 aromatic rings. The molecule has 0 unspecified atom stereocenters. The molecule has 0 spiro atoms. The van der Waals surface area contributed by atoms with Crippen LogP contribution in [0.5, 0.6) is 0 Å². The molecule has 0 amide bonds. The molecule has 0 saturated heterocycles. The van der Waals surface area contributed by atoms with Gasteiger partial charge in [-0.1, -0.05) is 34.8 Å². The highest BCUT2D eigenvalue weighted by molar-refractivity contribution is 9.08. The molecule has 5 heteroatoms. The molecule has 0 heterocycles. The zero-order valence-electron chi connectivity index (χ0n) is 10.8. The van der Waals surface area contributed by atoms with Gasteiger partial charge in [0.2, 0.25) is 0 Å². The lowest BCUT2D eigenvalue weighted by molar-refractivity contribution is -0.138. The molecule has 0 aromatic heterocycles. The van der Waals surface area contributed by atoms with Crippen LogP contribution in [-0.4, -0.2) is 13.1 Å². The Hall–Kier alpha value is -0.710. The molecule has 0 atom stereocenters. The first kappa shape index (κ1) is 14.7. The summed E-state index contributed by atoms with van der Waals surface area (Å²) in [6, 6.07) is 4.99. The average Bonchev–Trinajstić information content (AvgIpc) is 2.90. The molecule has 1 saturated carbocycles. The van der Waals surface area contributed by atoms with Crippen molar-refractivity contribution >= 4 is 21.6 Å². The summed E-state index contributed by atoms with van der Waals surface area (Å²) in [5.74, 6) is 0. The van der Waals surface area contributed by atoms with E-state index >= 15 is 0 Å². The second kappa shape index (κ2) is 5.73.